The lowest BCUT2D eigenvalue weighted by Crippen LogP contribution is -2.17. The van der Waals surface area contributed by atoms with Crippen LogP contribution < -0.4 is 5.32 Å². The first-order valence-electron chi connectivity index (χ1n) is 5.90. The smallest absolute Gasteiger partial charge is 0.114 e. The van der Waals surface area contributed by atoms with E-state index < -0.39 is 0 Å². The van der Waals surface area contributed by atoms with Crippen molar-refractivity contribution < 1.29 is 0 Å². The molecule has 0 fully saturated rings. The van der Waals surface area contributed by atoms with Gasteiger partial charge in [0, 0.05) is 5.38 Å². The number of hydrogen-bond donors (Lipinski definition) is 1. The molecule has 1 aromatic carbocycles. The number of nitrogens with one attached hydrogen (secondary N) is 1. The van der Waals surface area contributed by atoms with Crippen LogP contribution in [0.1, 0.15) is 42.1 Å². The van der Waals surface area contributed by atoms with Gasteiger partial charge in [0.25, 0.3) is 0 Å². The van der Waals surface area contributed by atoms with Crippen molar-refractivity contribution in [2.45, 2.75) is 25.8 Å². The third kappa shape index (κ3) is 2.73. The molecule has 0 saturated carbocycles. The van der Waals surface area contributed by atoms with E-state index in [1.807, 2.05) is 13.1 Å². The number of rotatable bonds is 4. The summed E-state index contributed by atoms with van der Waals surface area (Å²) in [5.74, 6) is 0.494. The van der Waals surface area contributed by atoms with Crippen molar-refractivity contribution in [3.05, 3.63) is 52.0 Å². The molecule has 90 valence electrons. The SMILES string of the molecule is CNC(c1ccccc1)c1nc(C(C)C)cs1. The Kier molecular flexibility index (Phi) is 3.92. The van der Waals surface area contributed by atoms with E-state index in [9.17, 15) is 0 Å². The van der Waals surface area contributed by atoms with Gasteiger partial charge in [-0.1, -0.05) is 44.2 Å². The van der Waals surface area contributed by atoms with Crippen molar-refractivity contribution in [3.8, 4) is 0 Å². The van der Waals surface area contributed by atoms with E-state index in [-0.39, 0.29) is 6.04 Å². The maximum absolute atomic E-state index is 4.71. The molecular formula is C14H18N2S. The lowest BCUT2D eigenvalue weighted by molar-refractivity contribution is 0.679. The zero-order valence-corrected chi connectivity index (χ0v) is 11.3. The minimum atomic E-state index is 0.202. The molecular weight excluding hydrogens is 228 g/mol. The lowest BCUT2D eigenvalue weighted by Gasteiger charge is -2.13. The van der Waals surface area contributed by atoms with Gasteiger partial charge < -0.3 is 5.32 Å². The molecule has 0 amide bonds. The third-order valence-corrected chi connectivity index (χ3v) is 3.73. The Labute approximate surface area is 107 Å². The fraction of sp³-hybridized carbons (Fsp3) is 0.357. The van der Waals surface area contributed by atoms with Crippen LogP contribution in [0.4, 0.5) is 0 Å². The Hall–Kier alpha value is -1.19. The lowest BCUT2D eigenvalue weighted by atomic mass is 10.1. The second-order valence-corrected chi connectivity index (χ2v) is 5.29. The van der Waals surface area contributed by atoms with Gasteiger partial charge in [0.2, 0.25) is 0 Å². The first-order valence-corrected chi connectivity index (χ1v) is 6.78. The first kappa shape index (κ1) is 12.3. The molecule has 0 spiro atoms. The van der Waals surface area contributed by atoms with Crippen molar-refractivity contribution in [1.82, 2.24) is 10.3 Å². The van der Waals surface area contributed by atoms with Gasteiger partial charge in [-0.2, -0.15) is 0 Å². The topological polar surface area (TPSA) is 24.9 Å². The molecule has 2 nitrogen and oxygen atoms in total. The van der Waals surface area contributed by atoms with Crippen molar-refractivity contribution in [1.29, 1.82) is 0 Å². The summed E-state index contributed by atoms with van der Waals surface area (Å²) in [5, 5.41) is 6.64. The Bertz CT molecular complexity index is 462. The van der Waals surface area contributed by atoms with Crippen LogP contribution in [0.3, 0.4) is 0 Å². The summed E-state index contributed by atoms with van der Waals surface area (Å²) < 4.78 is 0. The van der Waals surface area contributed by atoms with E-state index >= 15 is 0 Å². The quantitative estimate of drug-likeness (QED) is 0.892. The molecule has 0 aliphatic rings. The fourth-order valence-electron chi connectivity index (χ4n) is 1.78. The zero-order valence-electron chi connectivity index (χ0n) is 10.5. The van der Waals surface area contributed by atoms with E-state index in [0.717, 1.165) is 5.01 Å². The van der Waals surface area contributed by atoms with Crippen LogP contribution >= 0.6 is 11.3 Å². The highest BCUT2D eigenvalue weighted by atomic mass is 32.1. The predicted molar refractivity (Wildman–Crippen MR) is 73.5 cm³/mol. The van der Waals surface area contributed by atoms with E-state index in [1.54, 1.807) is 11.3 Å². The summed E-state index contributed by atoms with van der Waals surface area (Å²) >= 11 is 1.73. The highest BCUT2D eigenvalue weighted by Gasteiger charge is 2.16. The molecule has 1 N–H and O–H groups in total. The van der Waals surface area contributed by atoms with Gasteiger partial charge >= 0.3 is 0 Å². The molecule has 0 aliphatic carbocycles. The average Bonchev–Trinajstić information content (AvgIpc) is 2.81. The Morgan fingerprint density at radius 3 is 2.41 bits per heavy atom. The van der Waals surface area contributed by atoms with Crippen molar-refractivity contribution in [2.75, 3.05) is 7.05 Å². The highest BCUT2D eigenvalue weighted by molar-refractivity contribution is 7.09. The standard InChI is InChI=1S/C14H18N2S/c1-10(2)12-9-17-14(16-12)13(15-3)11-7-5-4-6-8-11/h4-10,13,15H,1-3H3. The Balaban J connectivity index is 2.29. The first-order chi connectivity index (χ1) is 8.22. The van der Waals surface area contributed by atoms with Crippen LogP contribution in [-0.2, 0) is 0 Å². The second kappa shape index (κ2) is 5.43. The monoisotopic (exact) mass is 246 g/mol. The molecule has 0 bridgehead atoms. The molecule has 1 heterocycles. The summed E-state index contributed by atoms with van der Waals surface area (Å²) in [7, 11) is 1.98. The summed E-state index contributed by atoms with van der Waals surface area (Å²) in [6, 6.07) is 10.6. The van der Waals surface area contributed by atoms with Gasteiger partial charge in [-0.05, 0) is 18.5 Å². The molecule has 0 radical (unpaired) electrons. The molecule has 17 heavy (non-hydrogen) atoms. The van der Waals surface area contributed by atoms with Crippen molar-refractivity contribution in [2.24, 2.45) is 0 Å². The summed E-state index contributed by atoms with van der Waals surface area (Å²) in [4.78, 5) is 4.71. The van der Waals surface area contributed by atoms with Gasteiger partial charge in [0.1, 0.15) is 5.01 Å². The van der Waals surface area contributed by atoms with E-state index in [0.29, 0.717) is 5.92 Å². The average molecular weight is 246 g/mol. The fourth-order valence-corrected chi connectivity index (χ4v) is 2.89. The number of hydrogen-bond acceptors (Lipinski definition) is 3. The van der Waals surface area contributed by atoms with Gasteiger partial charge in [-0.15, -0.1) is 11.3 Å². The summed E-state index contributed by atoms with van der Waals surface area (Å²) in [6.45, 7) is 4.35. The van der Waals surface area contributed by atoms with Gasteiger partial charge in [-0.3, -0.25) is 0 Å². The van der Waals surface area contributed by atoms with Crippen LogP contribution in [0.15, 0.2) is 35.7 Å². The Morgan fingerprint density at radius 2 is 1.88 bits per heavy atom. The molecule has 0 aliphatic heterocycles. The summed E-state index contributed by atoms with van der Waals surface area (Å²) in [5.41, 5.74) is 2.45. The third-order valence-electron chi connectivity index (χ3n) is 2.80. The number of benzene rings is 1. The van der Waals surface area contributed by atoms with Gasteiger partial charge in [-0.25, -0.2) is 4.98 Å². The Morgan fingerprint density at radius 1 is 1.18 bits per heavy atom. The molecule has 2 aromatic rings. The maximum Gasteiger partial charge on any atom is 0.114 e. The van der Waals surface area contributed by atoms with Crippen molar-refractivity contribution >= 4 is 11.3 Å². The minimum absolute atomic E-state index is 0.202. The number of aromatic nitrogens is 1. The largest absolute Gasteiger partial charge is 0.307 e. The van der Waals surface area contributed by atoms with E-state index in [2.05, 4.69) is 48.8 Å². The summed E-state index contributed by atoms with van der Waals surface area (Å²) in [6.07, 6.45) is 0. The second-order valence-electron chi connectivity index (χ2n) is 4.40. The van der Waals surface area contributed by atoms with Crippen LogP contribution in [0.5, 0.6) is 0 Å². The van der Waals surface area contributed by atoms with Gasteiger partial charge in [0.15, 0.2) is 0 Å². The van der Waals surface area contributed by atoms with Crippen LogP contribution in [0.25, 0.3) is 0 Å². The van der Waals surface area contributed by atoms with Crippen LogP contribution in [0.2, 0.25) is 0 Å². The minimum Gasteiger partial charge on any atom is -0.307 e. The van der Waals surface area contributed by atoms with Crippen molar-refractivity contribution in [3.63, 3.8) is 0 Å². The molecule has 0 saturated heterocycles. The maximum atomic E-state index is 4.71. The normalized spacial score (nSPS) is 12.9. The molecule has 2 rings (SSSR count). The van der Waals surface area contributed by atoms with Crippen LogP contribution in [0, 0.1) is 0 Å². The van der Waals surface area contributed by atoms with Crippen LogP contribution in [-0.4, -0.2) is 12.0 Å². The van der Waals surface area contributed by atoms with Gasteiger partial charge in [0.05, 0.1) is 11.7 Å². The van der Waals surface area contributed by atoms with E-state index in [1.165, 1.54) is 11.3 Å². The zero-order chi connectivity index (χ0) is 12.3. The molecule has 1 aromatic heterocycles. The predicted octanol–water partition coefficient (Wildman–Crippen LogP) is 3.58. The van der Waals surface area contributed by atoms with E-state index in [4.69, 9.17) is 4.98 Å². The molecule has 3 heteroatoms. The number of thiazole rings is 1. The highest BCUT2D eigenvalue weighted by Crippen LogP contribution is 2.27. The number of nitrogens with zero attached hydrogens (tertiary/aromatic N) is 1. The molecule has 1 unspecified atom stereocenters. The molecule has 1 atom stereocenters.